The van der Waals surface area contributed by atoms with Gasteiger partial charge in [-0.05, 0) is 40.0 Å². The molecule has 1 N–H and O–H groups in total. The second-order valence-electron chi connectivity index (χ2n) is 5.98. The minimum absolute atomic E-state index is 0.175. The highest BCUT2D eigenvalue weighted by Crippen LogP contribution is 2.25. The summed E-state index contributed by atoms with van der Waals surface area (Å²) in [6.45, 7) is 10.1. The smallest absolute Gasteiger partial charge is 0.161 e. The van der Waals surface area contributed by atoms with Gasteiger partial charge in [-0.1, -0.05) is 12.1 Å². The van der Waals surface area contributed by atoms with Crippen molar-refractivity contribution in [1.82, 2.24) is 10.2 Å². The fourth-order valence-corrected chi connectivity index (χ4v) is 1.78. The molecule has 0 saturated carbocycles. The molecule has 0 aliphatic carbocycles. The van der Waals surface area contributed by atoms with Crippen LogP contribution in [0.2, 0.25) is 0 Å². The van der Waals surface area contributed by atoms with Crippen LogP contribution in [0.3, 0.4) is 0 Å². The summed E-state index contributed by atoms with van der Waals surface area (Å²) in [7, 11) is 3.77. The summed E-state index contributed by atoms with van der Waals surface area (Å²) < 4.78 is 11.0. The van der Waals surface area contributed by atoms with E-state index in [1.54, 1.807) is 7.11 Å². The minimum atomic E-state index is 0.175. The number of nitrogens with zero attached hydrogens (tertiary/aromatic N) is 1. The Labute approximate surface area is 123 Å². The lowest BCUT2D eigenvalue weighted by Crippen LogP contribution is -2.41. The fraction of sp³-hybridized carbons (Fsp3) is 0.625. The highest BCUT2D eigenvalue weighted by atomic mass is 16.5. The molecule has 0 amide bonds. The van der Waals surface area contributed by atoms with Crippen molar-refractivity contribution >= 4 is 0 Å². The van der Waals surface area contributed by atoms with E-state index in [2.05, 4.69) is 38.0 Å². The standard InChI is InChI=1S/C16H28N2O2/c1-16(2,3)17-10-11-18(4)12-13-20-15-9-7-6-8-14(15)19-5/h6-9,17H,10-13H2,1-5H3. The molecular weight excluding hydrogens is 252 g/mol. The molecule has 0 fully saturated rings. The molecule has 0 bridgehead atoms. The van der Waals surface area contributed by atoms with Crippen LogP contribution in [0.1, 0.15) is 20.8 Å². The molecule has 0 atom stereocenters. The molecule has 20 heavy (non-hydrogen) atoms. The molecular formula is C16H28N2O2. The van der Waals surface area contributed by atoms with Crippen molar-refractivity contribution in [2.75, 3.05) is 40.4 Å². The number of likely N-dealkylation sites (N-methyl/N-ethyl adjacent to an activating group) is 1. The van der Waals surface area contributed by atoms with Crippen molar-refractivity contribution in [3.8, 4) is 11.5 Å². The number of hydrogen-bond donors (Lipinski definition) is 1. The molecule has 0 heterocycles. The van der Waals surface area contributed by atoms with Crippen molar-refractivity contribution in [3.05, 3.63) is 24.3 Å². The van der Waals surface area contributed by atoms with Crippen LogP contribution >= 0.6 is 0 Å². The van der Waals surface area contributed by atoms with Crippen molar-refractivity contribution < 1.29 is 9.47 Å². The number of benzene rings is 1. The summed E-state index contributed by atoms with van der Waals surface area (Å²) in [5, 5.41) is 3.48. The minimum Gasteiger partial charge on any atom is -0.493 e. The molecule has 4 heteroatoms. The maximum atomic E-state index is 5.76. The average Bonchev–Trinajstić information content (AvgIpc) is 2.38. The molecule has 4 nitrogen and oxygen atoms in total. The highest BCUT2D eigenvalue weighted by molar-refractivity contribution is 5.39. The van der Waals surface area contributed by atoms with Gasteiger partial charge in [-0.3, -0.25) is 0 Å². The lowest BCUT2D eigenvalue weighted by Gasteiger charge is -2.23. The number of ether oxygens (including phenoxy) is 2. The SMILES string of the molecule is COc1ccccc1OCCN(C)CCNC(C)(C)C. The zero-order chi connectivity index (χ0) is 15.0. The largest absolute Gasteiger partial charge is 0.493 e. The third-order valence-electron chi connectivity index (χ3n) is 2.95. The third-order valence-corrected chi connectivity index (χ3v) is 2.95. The zero-order valence-corrected chi connectivity index (χ0v) is 13.4. The monoisotopic (exact) mass is 280 g/mol. The summed E-state index contributed by atoms with van der Waals surface area (Å²) in [6.07, 6.45) is 0. The number of nitrogens with one attached hydrogen (secondary N) is 1. The van der Waals surface area contributed by atoms with E-state index in [1.807, 2.05) is 24.3 Å². The van der Waals surface area contributed by atoms with Crippen molar-refractivity contribution in [1.29, 1.82) is 0 Å². The van der Waals surface area contributed by atoms with Gasteiger partial charge in [0.25, 0.3) is 0 Å². The van der Waals surface area contributed by atoms with E-state index in [-0.39, 0.29) is 5.54 Å². The maximum Gasteiger partial charge on any atom is 0.161 e. The number of methoxy groups -OCH3 is 1. The summed E-state index contributed by atoms with van der Waals surface area (Å²) in [4.78, 5) is 2.26. The van der Waals surface area contributed by atoms with Gasteiger partial charge in [-0.2, -0.15) is 0 Å². The van der Waals surface area contributed by atoms with E-state index in [9.17, 15) is 0 Å². The number of hydrogen-bond acceptors (Lipinski definition) is 4. The molecule has 0 aliphatic heterocycles. The molecule has 0 spiro atoms. The average molecular weight is 280 g/mol. The van der Waals surface area contributed by atoms with E-state index in [0.29, 0.717) is 6.61 Å². The Morgan fingerprint density at radius 3 is 2.35 bits per heavy atom. The highest BCUT2D eigenvalue weighted by Gasteiger charge is 2.08. The maximum absolute atomic E-state index is 5.76. The molecule has 0 aliphatic rings. The van der Waals surface area contributed by atoms with Crippen LogP contribution in [0, 0.1) is 0 Å². The summed E-state index contributed by atoms with van der Waals surface area (Å²) in [5.41, 5.74) is 0.175. The summed E-state index contributed by atoms with van der Waals surface area (Å²) in [5.74, 6) is 1.58. The Balaban J connectivity index is 2.23. The van der Waals surface area contributed by atoms with Gasteiger partial charge in [0.05, 0.1) is 7.11 Å². The first-order chi connectivity index (χ1) is 9.42. The summed E-state index contributed by atoms with van der Waals surface area (Å²) in [6, 6.07) is 7.73. The van der Waals surface area contributed by atoms with Crippen LogP contribution in [0.4, 0.5) is 0 Å². The topological polar surface area (TPSA) is 33.7 Å². The van der Waals surface area contributed by atoms with Crippen molar-refractivity contribution in [2.24, 2.45) is 0 Å². The first-order valence-electron chi connectivity index (χ1n) is 7.12. The zero-order valence-electron chi connectivity index (χ0n) is 13.4. The predicted molar refractivity (Wildman–Crippen MR) is 83.7 cm³/mol. The molecule has 0 aromatic heterocycles. The Bertz CT molecular complexity index is 388. The first kappa shape index (κ1) is 16.8. The summed E-state index contributed by atoms with van der Waals surface area (Å²) >= 11 is 0. The third kappa shape index (κ3) is 6.78. The van der Waals surface area contributed by atoms with Gasteiger partial charge in [0.2, 0.25) is 0 Å². The quantitative estimate of drug-likeness (QED) is 0.793. The molecule has 1 rings (SSSR count). The van der Waals surface area contributed by atoms with Crippen LogP contribution in [-0.4, -0.2) is 50.8 Å². The Morgan fingerprint density at radius 2 is 1.75 bits per heavy atom. The van der Waals surface area contributed by atoms with Crippen LogP contribution in [0.5, 0.6) is 11.5 Å². The fourth-order valence-electron chi connectivity index (χ4n) is 1.78. The van der Waals surface area contributed by atoms with Crippen LogP contribution in [-0.2, 0) is 0 Å². The van der Waals surface area contributed by atoms with Crippen molar-refractivity contribution in [3.63, 3.8) is 0 Å². The van der Waals surface area contributed by atoms with E-state index in [1.165, 1.54) is 0 Å². The van der Waals surface area contributed by atoms with Gasteiger partial charge < -0.3 is 19.7 Å². The lowest BCUT2D eigenvalue weighted by molar-refractivity contribution is 0.226. The second-order valence-corrected chi connectivity index (χ2v) is 5.98. The van der Waals surface area contributed by atoms with E-state index >= 15 is 0 Å². The molecule has 114 valence electrons. The van der Waals surface area contributed by atoms with Crippen LogP contribution < -0.4 is 14.8 Å². The van der Waals surface area contributed by atoms with Gasteiger partial charge in [0.1, 0.15) is 6.61 Å². The van der Waals surface area contributed by atoms with Gasteiger partial charge in [-0.25, -0.2) is 0 Å². The van der Waals surface area contributed by atoms with Gasteiger partial charge in [-0.15, -0.1) is 0 Å². The van der Waals surface area contributed by atoms with E-state index in [4.69, 9.17) is 9.47 Å². The number of rotatable bonds is 8. The Kier molecular flexibility index (Phi) is 6.82. The molecule has 1 aromatic carbocycles. The van der Waals surface area contributed by atoms with E-state index < -0.39 is 0 Å². The molecule has 0 unspecified atom stereocenters. The molecule has 0 saturated heterocycles. The normalized spacial score (nSPS) is 11.7. The van der Waals surface area contributed by atoms with Crippen LogP contribution in [0.25, 0.3) is 0 Å². The Hall–Kier alpha value is -1.26. The predicted octanol–water partition coefficient (Wildman–Crippen LogP) is 2.39. The molecule has 0 radical (unpaired) electrons. The lowest BCUT2D eigenvalue weighted by atomic mass is 10.1. The van der Waals surface area contributed by atoms with Gasteiger partial charge in [0, 0.05) is 25.2 Å². The van der Waals surface area contributed by atoms with Gasteiger partial charge >= 0.3 is 0 Å². The van der Waals surface area contributed by atoms with Gasteiger partial charge in [0.15, 0.2) is 11.5 Å². The number of para-hydroxylation sites is 2. The first-order valence-corrected chi connectivity index (χ1v) is 7.12. The van der Waals surface area contributed by atoms with Crippen molar-refractivity contribution in [2.45, 2.75) is 26.3 Å². The second kappa shape index (κ2) is 8.12. The molecule has 1 aromatic rings. The Morgan fingerprint density at radius 1 is 1.10 bits per heavy atom. The van der Waals surface area contributed by atoms with Crippen LogP contribution in [0.15, 0.2) is 24.3 Å². The van der Waals surface area contributed by atoms with E-state index in [0.717, 1.165) is 31.1 Å².